The van der Waals surface area contributed by atoms with Crippen molar-refractivity contribution in [1.29, 1.82) is 0 Å². The Balaban J connectivity index is 2.12. The molecule has 2 aromatic heterocycles. The molecule has 4 nitrogen and oxygen atoms in total. The molecule has 0 aliphatic rings. The Hall–Kier alpha value is -1.24. The fourth-order valence-corrected chi connectivity index (χ4v) is 3.62. The van der Waals surface area contributed by atoms with Gasteiger partial charge in [-0.15, -0.1) is 22.7 Å². The van der Waals surface area contributed by atoms with Crippen molar-refractivity contribution >= 4 is 28.6 Å². The van der Waals surface area contributed by atoms with Crippen LogP contribution in [0.15, 0.2) is 23.0 Å². The SMILES string of the molecule is Cc1ncsc1C(C)NC(CC(=O)O)c1cccs1. The van der Waals surface area contributed by atoms with E-state index in [9.17, 15) is 4.79 Å². The molecule has 2 heterocycles. The van der Waals surface area contributed by atoms with E-state index < -0.39 is 5.97 Å². The van der Waals surface area contributed by atoms with Gasteiger partial charge in [-0.25, -0.2) is 4.98 Å². The summed E-state index contributed by atoms with van der Waals surface area (Å²) in [5, 5.41) is 14.4. The summed E-state index contributed by atoms with van der Waals surface area (Å²) in [6, 6.07) is 3.85. The zero-order valence-electron chi connectivity index (χ0n) is 10.8. The minimum Gasteiger partial charge on any atom is -0.481 e. The van der Waals surface area contributed by atoms with E-state index in [-0.39, 0.29) is 18.5 Å². The molecule has 0 bridgehead atoms. The summed E-state index contributed by atoms with van der Waals surface area (Å²) >= 11 is 3.18. The van der Waals surface area contributed by atoms with Crippen molar-refractivity contribution in [3.63, 3.8) is 0 Å². The van der Waals surface area contributed by atoms with Crippen LogP contribution in [0.4, 0.5) is 0 Å². The van der Waals surface area contributed by atoms with Gasteiger partial charge in [0.1, 0.15) is 0 Å². The van der Waals surface area contributed by atoms with Crippen LogP contribution >= 0.6 is 22.7 Å². The topological polar surface area (TPSA) is 62.2 Å². The minimum absolute atomic E-state index is 0.0860. The summed E-state index contributed by atoms with van der Waals surface area (Å²) in [5.74, 6) is -0.792. The summed E-state index contributed by atoms with van der Waals surface area (Å²) in [4.78, 5) is 17.4. The fourth-order valence-electron chi connectivity index (χ4n) is 2.01. The number of nitrogens with zero attached hydrogens (tertiary/aromatic N) is 1. The minimum atomic E-state index is -0.792. The van der Waals surface area contributed by atoms with E-state index in [4.69, 9.17) is 5.11 Å². The number of carboxylic acid groups (broad SMARTS) is 1. The van der Waals surface area contributed by atoms with Gasteiger partial charge in [0.15, 0.2) is 0 Å². The maximum absolute atomic E-state index is 11.0. The van der Waals surface area contributed by atoms with Crippen LogP contribution in [0.25, 0.3) is 0 Å². The monoisotopic (exact) mass is 296 g/mol. The first-order chi connectivity index (χ1) is 9.08. The Kier molecular flexibility index (Phi) is 4.68. The van der Waals surface area contributed by atoms with Crippen molar-refractivity contribution in [2.45, 2.75) is 32.4 Å². The third kappa shape index (κ3) is 3.62. The Morgan fingerprint density at radius 2 is 2.32 bits per heavy atom. The molecule has 0 radical (unpaired) electrons. The predicted molar refractivity (Wildman–Crippen MR) is 77.7 cm³/mol. The number of carboxylic acids is 1. The summed E-state index contributed by atoms with van der Waals surface area (Å²) in [7, 11) is 0. The largest absolute Gasteiger partial charge is 0.481 e. The Morgan fingerprint density at radius 3 is 2.84 bits per heavy atom. The molecule has 0 spiro atoms. The highest BCUT2D eigenvalue weighted by Gasteiger charge is 2.20. The molecule has 0 aliphatic heterocycles. The Labute approximate surface area is 120 Å². The average Bonchev–Trinajstić information content (AvgIpc) is 2.97. The Morgan fingerprint density at radius 1 is 1.53 bits per heavy atom. The van der Waals surface area contributed by atoms with E-state index in [1.165, 1.54) is 0 Å². The van der Waals surface area contributed by atoms with Gasteiger partial charge in [-0.1, -0.05) is 6.07 Å². The highest BCUT2D eigenvalue weighted by atomic mass is 32.1. The van der Waals surface area contributed by atoms with E-state index in [1.807, 2.05) is 36.9 Å². The van der Waals surface area contributed by atoms with Crippen molar-refractivity contribution in [2.24, 2.45) is 0 Å². The van der Waals surface area contributed by atoms with Crippen molar-refractivity contribution in [3.05, 3.63) is 38.5 Å². The predicted octanol–water partition coefficient (Wildman–Crippen LogP) is 3.38. The molecule has 0 aliphatic carbocycles. The molecule has 0 aromatic carbocycles. The van der Waals surface area contributed by atoms with Crippen molar-refractivity contribution < 1.29 is 9.90 Å². The zero-order valence-corrected chi connectivity index (χ0v) is 12.4. The van der Waals surface area contributed by atoms with E-state index >= 15 is 0 Å². The van der Waals surface area contributed by atoms with Crippen LogP contribution in [-0.4, -0.2) is 16.1 Å². The summed E-state index contributed by atoms with van der Waals surface area (Å²) in [6.45, 7) is 4.02. The summed E-state index contributed by atoms with van der Waals surface area (Å²) in [5.41, 5.74) is 2.82. The molecule has 102 valence electrons. The maximum Gasteiger partial charge on any atom is 0.305 e. The first-order valence-electron chi connectivity index (χ1n) is 5.99. The van der Waals surface area contributed by atoms with Gasteiger partial charge in [0, 0.05) is 15.8 Å². The fraction of sp³-hybridized carbons (Fsp3) is 0.385. The number of aryl methyl sites for hydroxylation is 1. The molecule has 0 fully saturated rings. The third-order valence-electron chi connectivity index (χ3n) is 2.89. The van der Waals surface area contributed by atoms with Gasteiger partial charge in [0.05, 0.1) is 23.7 Å². The molecule has 0 saturated carbocycles. The van der Waals surface area contributed by atoms with Crippen molar-refractivity contribution in [2.75, 3.05) is 0 Å². The first-order valence-corrected chi connectivity index (χ1v) is 7.75. The number of thiophene rings is 1. The molecule has 0 saturated heterocycles. The summed E-state index contributed by atoms with van der Waals surface area (Å²) < 4.78 is 0. The number of hydrogen-bond donors (Lipinski definition) is 2. The normalized spacial score (nSPS) is 14.2. The van der Waals surface area contributed by atoms with E-state index in [1.54, 1.807) is 22.7 Å². The van der Waals surface area contributed by atoms with Gasteiger partial charge in [-0.05, 0) is 25.3 Å². The maximum atomic E-state index is 11.0. The quantitative estimate of drug-likeness (QED) is 0.858. The lowest BCUT2D eigenvalue weighted by Gasteiger charge is -2.20. The van der Waals surface area contributed by atoms with Crippen LogP contribution < -0.4 is 5.32 Å². The van der Waals surface area contributed by atoms with Gasteiger partial charge in [0.2, 0.25) is 0 Å². The standard InChI is InChI=1S/C13H16N2O2S2/c1-8-13(19-7-14-8)9(2)15-10(6-12(16)17)11-4-3-5-18-11/h3-5,7,9-10,15H,6H2,1-2H3,(H,16,17). The first kappa shape index (κ1) is 14.2. The Bertz CT molecular complexity index is 537. The molecule has 2 unspecified atom stereocenters. The number of thiazole rings is 1. The lowest BCUT2D eigenvalue weighted by molar-refractivity contribution is -0.137. The number of nitrogens with one attached hydrogen (secondary N) is 1. The highest BCUT2D eigenvalue weighted by Crippen LogP contribution is 2.28. The molecule has 0 amide bonds. The molecule has 2 atom stereocenters. The number of carbonyl (C=O) groups is 1. The van der Waals surface area contributed by atoms with Crippen LogP contribution in [0.5, 0.6) is 0 Å². The lowest BCUT2D eigenvalue weighted by atomic mass is 10.1. The van der Waals surface area contributed by atoms with Crippen molar-refractivity contribution in [3.8, 4) is 0 Å². The number of hydrogen-bond acceptors (Lipinski definition) is 5. The zero-order chi connectivity index (χ0) is 13.8. The molecular weight excluding hydrogens is 280 g/mol. The van der Waals surface area contributed by atoms with Gasteiger partial charge in [0.25, 0.3) is 0 Å². The van der Waals surface area contributed by atoms with Gasteiger partial charge >= 0.3 is 5.97 Å². The molecule has 19 heavy (non-hydrogen) atoms. The van der Waals surface area contributed by atoms with Crippen LogP contribution in [0.3, 0.4) is 0 Å². The number of aromatic nitrogens is 1. The summed E-state index contributed by atoms with van der Waals surface area (Å²) in [6.07, 6.45) is 0.0860. The van der Waals surface area contributed by atoms with Crippen LogP contribution in [0, 0.1) is 6.92 Å². The van der Waals surface area contributed by atoms with Gasteiger partial charge in [-0.2, -0.15) is 0 Å². The third-order valence-corrected chi connectivity index (χ3v) is 4.99. The van der Waals surface area contributed by atoms with Crippen LogP contribution in [0.2, 0.25) is 0 Å². The highest BCUT2D eigenvalue weighted by molar-refractivity contribution is 7.10. The van der Waals surface area contributed by atoms with E-state index in [2.05, 4.69) is 10.3 Å². The number of rotatable bonds is 6. The number of aliphatic carboxylic acids is 1. The molecule has 2 N–H and O–H groups in total. The molecule has 6 heteroatoms. The van der Waals surface area contributed by atoms with E-state index in [0.29, 0.717) is 0 Å². The second-order valence-electron chi connectivity index (χ2n) is 4.36. The lowest BCUT2D eigenvalue weighted by Crippen LogP contribution is -2.26. The van der Waals surface area contributed by atoms with E-state index in [0.717, 1.165) is 15.4 Å². The second-order valence-corrected chi connectivity index (χ2v) is 6.22. The van der Waals surface area contributed by atoms with Gasteiger partial charge < -0.3 is 10.4 Å². The van der Waals surface area contributed by atoms with Crippen molar-refractivity contribution in [1.82, 2.24) is 10.3 Å². The van der Waals surface area contributed by atoms with Crippen LogP contribution in [0.1, 0.15) is 40.9 Å². The average molecular weight is 296 g/mol. The molecule has 2 aromatic rings. The smallest absolute Gasteiger partial charge is 0.305 e. The second kappa shape index (κ2) is 6.27. The molecule has 2 rings (SSSR count). The van der Waals surface area contributed by atoms with Gasteiger partial charge in [-0.3, -0.25) is 4.79 Å². The molecular formula is C13H16N2O2S2. The van der Waals surface area contributed by atoms with Crippen LogP contribution in [-0.2, 0) is 4.79 Å².